The lowest BCUT2D eigenvalue weighted by molar-refractivity contribution is -0.108. The van der Waals surface area contributed by atoms with E-state index in [0.717, 1.165) is 23.3 Å². The average Bonchev–Trinajstić information content (AvgIpc) is 2.29. The van der Waals surface area contributed by atoms with Crippen LogP contribution in [0.5, 0.6) is 11.5 Å². The predicted octanol–water partition coefficient (Wildman–Crippen LogP) is 2.79. The summed E-state index contributed by atoms with van der Waals surface area (Å²) in [5, 5.41) is 0. The highest BCUT2D eigenvalue weighted by Crippen LogP contribution is 2.34. The first kappa shape index (κ1) is 12.6. The van der Waals surface area contributed by atoms with Crippen LogP contribution in [0.3, 0.4) is 0 Å². The second-order valence-electron chi connectivity index (χ2n) is 3.46. The topological polar surface area (TPSA) is 35.5 Å². The number of hydrogen-bond donors (Lipinski definition) is 0. The molecule has 0 aliphatic heterocycles. The standard InChI is InChI=1S/C13H18O3/c1-4-15-11-7-6-8-12(16-5-2)13(11)10(3)9-14/h6-10H,4-5H2,1-3H3. The fourth-order valence-corrected chi connectivity index (χ4v) is 1.60. The Bertz CT molecular complexity index is 323. The molecule has 0 aliphatic rings. The van der Waals surface area contributed by atoms with E-state index >= 15 is 0 Å². The van der Waals surface area contributed by atoms with Crippen molar-refractivity contribution in [2.75, 3.05) is 13.2 Å². The molecule has 1 aromatic carbocycles. The van der Waals surface area contributed by atoms with E-state index in [9.17, 15) is 4.79 Å². The summed E-state index contributed by atoms with van der Waals surface area (Å²) in [6.45, 7) is 6.83. The van der Waals surface area contributed by atoms with Gasteiger partial charge in [-0.2, -0.15) is 0 Å². The van der Waals surface area contributed by atoms with E-state index < -0.39 is 0 Å². The van der Waals surface area contributed by atoms with Crippen LogP contribution in [-0.2, 0) is 4.79 Å². The molecule has 0 saturated carbocycles. The lowest BCUT2D eigenvalue weighted by Gasteiger charge is -2.16. The van der Waals surface area contributed by atoms with Gasteiger partial charge in [0.25, 0.3) is 0 Å². The van der Waals surface area contributed by atoms with Gasteiger partial charge < -0.3 is 14.3 Å². The zero-order valence-corrected chi connectivity index (χ0v) is 10.0. The molecule has 3 nitrogen and oxygen atoms in total. The molecule has 0 spiro atoms. The van der Waals surface area contributed by atoms with Crippen LogP contribution in [0, 0.1) is 0 Å². The molecule has 0 amide bonds. The Morgan fingerprint density at radius 3 is 2.06 bits per heavy atom. The first-order chi connectivity index (χ1) is 7.74. The molecule has 0 saturated heterocycles. The molecule has 1 atom stereocenters. The molecule has 88 valence electrons. The van der Waals surface area contributed by atoms with Crippen LogP contribution < -0.4 is 9.47 Å². The molecule has 3 heteroatoms. The third-order valence-electron chi connectivity index (χ3n) is 2.29. The second kappa shape index (κ2) is 6.16. The maximum atomic E-state index is 10.9. The van der Waals surface area contributed by atoms with E-state index in [4.69, 9.17) is 9.47 Å². The van der Waals surface area contributed by atoms with Gasteiger partial charge in [-0.3, -0.25) is 0 Å². The number of benzene rings is 1. The molecule has 1 aromatic rings. The minimum absolute atomic E-state index is 0.218. The maximum Gasteiger partial charge on any atom is 0.127 e. The summed E-state index contributed by atoms with van der Waals surface area (Å²) in [6, 6.07) is 5.60. The lowest BCUT2D eigenvalue weighted by atomic mass is 10.0. The number of carbonyl (C=O) groups excluding carboxylic acids is 1. The van der Waals surface area contributed by atoms with E-state index in [1.54, 1.807) is 0 Å². The van der Waals surface area contributed by atoms with Gasteiger partial charge in [-0.05, 0) is 26.0 Å². The van der Waals surface area contributed by atoms with Crippen LogP contribution in [0.4, 0.5) is 0 Å². The lowest BCUT2D eigenvalue weighted by Crippen LogP contribution is -2.05. The van der Waals surface area contributed by atoms with Gasteiger partial charge >= 0.3 is 0 Å². The van der Waals surface area contributed by atoms with E-state index in [2.05, 4.69) is 0 Å². The first-order valence-corrected chi connectivity index (χ1v) is 5.58. The van der Waals surface area contributed by atoms with Gasteiger partial charge in [0.05, 0.1) is 13.2 Å². The Kier molecular flexibility index (Phi) is 4.83. The number of rotatable bonds is 6. The van der Waals surface area contributed by atoms with E-state index in [-0.39, 0.29) is 5.92 Å². The quantitative estimate of drug-likeness (QED) is 0.694. The summed E-state index contributed by atoms with van der Waals surface area (Å²) < 4.78 is 11.0. The van der Waals surface area contributed by atoms with Crippen molar-refractivity contribution < 1.29 is 14.3 Å². The molecule has 1 unspecified atom stereocenters. The Labute approximate surface area is 96.4 Å². The Morgan fingerprint density at radius 1 is 1.19 bits per heavy atom. The van der Waals surface area contributed by atoms with E-state index in [1.807, 2.05) is 39.0 Å². The largest absolute Gasteiger partial charge is 0.493 e. The normalized spacial score (nSPS) is 11.9. The first-order valence-electron chi connectivity index (χ1n) is 5.58. The third-order valence-corrected chi connectivity index (χ3v) is 2.29. The van der Waals surface area contributed by atoms with Crippen LogP contribution >= 0.6 is 0 Å². The Balaban J connectivity index is 3.16. The molecule has 0 aromatic heterocycles. The van der Waals surface area contributed by atoms with Gasteiger partial charge in [0.2, 0.25) is 0 Å². The number of aldehydes is 1. The van der Waals surface area contributed by atoms with E-state index in [0.29, 0.717) is 13.2 Å². The minimum atomic E-state index is -0.218. The molecular formula is C13H18O3. The van der Waals surface area contributed by atoms with Crippen LogP contribution in [0.2, 0.25) is 0 Å². The summed E-state index contributed by atoms with van der Waals surface area (Å²) in [4.78, 5) is 10.9. The molecular weight excluding hydrogens is 204 g/mol. The van der Waals surface area contributed by atoms with Crippen molar-refractivity contribution in [1.29, 1.82) is 0 Å². The van der Waals surface area contributed by atoms with Crippen LogP contribution in [0.15, 0.2) is 18.2 Å². The molecule has 0 radical (unpaired) electrons. The number of ether oxygens (including phenoxy) is 2. The summed E-state index contributed by atoms with van der Waals surface area (Å²) >= 11 is 0. The molecule has 0 bridgehead atoms. The molecule has 1 rings (SSSR count). The molecule has 0 heterocycles. The number of hydrogen-bond acceptors (Lipinski definition) is 3. The summed E-state index contributed by atoms with van der Waals surface area (Å²) in [6.07, 6.45) is 0.903. The van der Waals surface area contributed by atoms with Crippen molar-refractivity contribution >= 4 is 6.29 Å². The fourth-order valence-electron chi connectivity index (χ4n) is 1.60. The van der Waals surface area contributed by atoms with Crippen LogP contribution in [-0.4, -0.2) is 19.5 Å². The van der Waals surface area contributed by atoms with Gasteiger partial charge in [0, 0.05) is 11.5 Å². The Hall–Kier alpha value is -1.51. The highest BCUT2D eigenvalue weighted by molar-refractivity contribution is 5.66. The van der Waals surface area contributed by atoms with Crippen LogP contribution in [0.1, 0.15) is 32.3 Å². The summed E-state index contributed by atoms with van der Waals surface area (Å²) in [5.41, 5.74) is 0.834. The second-order valence-corrected chi connectivity index (χ2v) is 3.46. The number of carbonyl (C=O) groups is 1. The molecule has 16 heavy (non-hydrogen) atoms. The van der Waals surface area contributed by atoms with Crippen molar-refractivity contribution in [3.8, 4) is 11.5 Å². The van der Waals surface area contributed by atoms with Gasteiger partial charge in [-0.1, -0.05) is 13.0 Å². The SMILES string of the molecule is CCOc1cccc(OCC)c1C(C)C=O. The smallest absolute Gasteiger partial charge is 0.127 e. The third kappa shape index (κ3) is 2.75. The Morgan fingerprint density at radius 2 is 1.69 bits per heavy atom. The van der Waals surface area contributed by atoms with Gasteiger partial charge in [-0.15, -0.1) is 0 Å². The van der Waals surface area contributed by atoms with Gasteiger partial charge in [0.15, 0.2) is 0 Å². The fraction of sp³-hybridized carbons (Fsp3) is 0.462. The zero-order valence-electron chi connectivity index (χ0n) is 10.0. The van der Waals surface area contributed by atoms with Crippen molar-refractivity contribution in [2.24, 2.45) is 0 Å². The van der Waals surface area contributed by atoms with Crippen molar-refractivity contribution in [3.63, 3.8) is 0 Å². The minimum Gasteiger partial charge on any atom is -0.493 e. The summed E-state index contributed by atoms with van der Waals surface area (Å²) in [7, 11) is 0. The predicted molar refractivity (Wildman–Crippen MR) is 63.3 cm³/mol. The molecule has 0 fully saturated rings. The van der Waals surface area contributed by atoms with Gasteiger partial charge in [0.1, 0.15) is 17.8 Å². The van der Waals surface area contributed by atoms with Crippen molar-refractivity contribution in [1.82, 2.24) is 0 Å². The van der Waals surface area contributed by atoms with Crippen molar-refractivity contribution in [3.05, 3.63) is 23.8 Å². The van der Waals surface area contributed by atoms with Crippen molar-refractivity contribution in [2.45, 2.75) is 26.7 Å². The highest BCUT2D eigenvalue weighted by Gasteiger charge is 2.16. The van der Waals surface area contributed by atoms with Crippen LogP contribution in [0.25, 0.3) is 0 Å². The highest BCUT2D eigenvalue weighted by atomic mass is 16.5. The summed E-state index contributed by atoms with van der Waals surface area (Å²) in [5.74, 6) is 1.24. The molecule has 0 N–H and O–H groups in total. The average molecular weight is 222 g/mol. The van der Waals surface area contributed by atoms with Gasteiger partial charge in [-0.25, -0.2) is 0 Å². The monoisotopic (exact) mass is 222 g/mol. The van der Waals surface area contributed by atoms with E-state index in [1.165, 1.54) is 0 Å². The molecule has 0 aliphatic carbocycles. The maximum absolute atomic E-state index is 10.9. The zero-order chi connectivity index (χ0) is 12.0.